The lowest BCUT2D eigenvalue weighted by atomic mass is 10.1. The van der Waals surface area contributed by atoms with Gasteiger partial charge < -0.3 is 9.84 Å². The first kappa shape index (κ1) is 11.7. The van der Waals surface area contributed by atoms with E-state index in [0.29, 0.717) is 16.2 Å². The van der Waals surface area contributed by atoms with Crippen LogP contribution in [0.1, 0.15) is 15.9 Å². The Morgan fingerprint density at radius 2 is 2.07 bits per heavy atom. The van der Waals surface area contributed by atoms with Crippen LogP contribution < -0.4 is 4.74 Å². The molecule has 0 fully saturated rings. The maximum atomic E-state index is 11.3. The molecule has 0 aliphatic carbocycles. The predicted molar refractivity (Wildman–Crippen MR) is 57.0 cm³/mol. The standard InChI is InChI=1S/C10H12O4S/c1-6-4-8(14-2)9(15(3)13)5-7(6)10(11)12/h4-5H,1-3H3,(H,11,12). The Morgan fingerprint density at radius 1 is 1.47 bits per heavy atom. The van der Waals surface area contributed by atoms with E-state index >= 15 is 0 Å². The number of carboxylic acids is 1. The first-order valence-electron chi connectivity index (χ1n) is 4.22. The number of benzene rings is 1. The molecule has 0 bridgehead atoms. The van der Waals surface area contributed by atoms with Crippen molar-refractivity contribution in [1.29, 1.82) is 0 Å². The average molecular weight is 228 g/mol. The number of ether oxygens (including phenoxy) is 1. The van der Waals surface area contributed by atoms with Gasteiger partial charge in [0.25, 0.3) is 0 Å². The van der Waals surface area contributed by atoms with Crippen molar-refractivity contribution in [3.63, 3.8) is 0 Å². The monoisotopic (exact) mass is 228 g/mol. The lowest BCUT2D eigenvalue weighted by Gasteiger charge is -2.09. The fourth-order valence-corrected chi connectivity index (χ4v) is 1.99. The first-order chi connectivity index (χ1) is 6.97. The molecule has 4 nitrogen and oxygen atoms in total. The summed E-state index contributed by atoms with van der Waals surface area (Å²) in [5.41, 5.74) is 0.745. The van der Waals surface area contributed by atoms with Gasteiger partial charge in [-0.2, -0.15) is 0 Å². The molecule has 0 aliphatic rings. The van der Waals surface area contributed by atoms with Gasteiger partial charge in [0.1, 0.15) is 5.75 Å². The van der Waals surface area contributed by atoms with Crippen molar-refractivity contribution in [3.8, 4) is 5.75 Å². The van der Waals surface area contributed by atoms with Gasteiger partial charge in [-0.15, -0.1) is 0 Å². The van der Waals surface area contributed by atoms with Gasteiger partial charge >= 0.3 is 5.97 Å². The molecule has 82 valence electrons. The summed E-state index contributed by atoms with van der Waals surface area (Å²) in [4.78, 5) is 11.3. The van der Waals surface area contributed by atoms with Crippen LogP contribution >= 0.6 is 0 Å². The van der Waals surface area contributed by atoms with E-state index in [2.05, 4.69) is 0 Å². The number of rotatable bonds is 3. The zero-order valence-corrected chi connectivity index (χ0v) is 9.55. The molecule has 1 aromatic rings. The average Bonchev–Trinajstić information content (AvgIpc) is 2.16. The molecule has 0 heterocycles. The van der Waals surface area contributed by atoms with Crippen molar-refractivity contribution >= 4 is 16.8 Å². The van der Waals surface area contributed by atoms with Gasteiger partial charge in [-0.25, -0.2) is 4.79 Å². The van der Waals surface area contributed by atoms with E-state index in [9.17, 15) is 9.00 Å². The molecule has 1 rings (SSSR count). The predicted octanol–water partition coefficient (Wildman–Crippen LogP) is 1.44. The highest BCUT2D eigenvalue weighted by Gasteiger charge is 2.14. The molecule has 0 saturated carbocycles. The molecule has 5 heteroatoms. The van der Waals surface area contributed by atoms with Gasteiger partial charge in [0.2, 0.25) is 0 Å². The zero-order chi connectivity index (χ0) is 11.6. The first-order valence-corrected chi connectivity index (χ1v) is 5.78. The summed E-state index contributed by atoms with van der Waals surface area (Å²) in [6.07, 6.45) is 1.48. The topological polar surface area (TPSA) is 63.6 Å². The van der Waals surface area contributed by atoms with Gasteiger partial charge in [-0.05, 0) is 24.6 Å². The van der Waals surface area contributed by atoms with Crippen molar-refractivity contribution in [2.24, 2.45) is 0 Å². The molecule has 0 aliphatic heterocycles. The normalized spacial score (nSPS) is 12.2. The van der Waals surface area contributed by atoms with Crippen molar-refractivity contribution in [1.82, 2.24) is 0 Å². The van der Waals surface area contributed by atoms with Crippen LogP contribution in [0.15, 0.2) is 17.0 Å². The Labute approximate surface area is 90.3 Å². The van der Waals surface area contributed by atoms with Crippen molar-refractivity contribution < 1.29 is 18.8 Å². The van der Waals surface area contributed by atoms with Gasteiger partial charge in [-0.3, -0.25) is 4.21 Å². The van der Waals surface area contributed by atoms with E-state index in [1.54, 1.807) is 13.0 Å². The fraction of sp³-hybridized carbons (Fsp3) is 0.300. The molecular formula is C10H12O4S. The molecular weight excluding hydrogens is 216 g/mol. The lowest BCUT2D eigenvalue weighted by Crippen LogP contribution is -2.03. The number of methoxy groups -OCH3 is 1. The molecule has 0 radical (unpaired) electrons. The van der Waals surface area contributed by atoms with Crippen LogP contribution in [0.2, 0.25) is 0 Å². The second-order valence-electron chi connectivity index (χ2n) is 3.08. The lowest BCUT2D eigenvalue weighted by molar-refractivity contribution is 0.0696. The Kier molecular flexibility index (Phi) is 3.47. The molecule has 0 spiro atoms. The van der Waals surface area contributed by atoms with E-state index in [0.717, 1.165) is 0 Å². The summed E-state index contributed by atoms with van der Waals surface area (Å²) in [5, 5.41) is 8.90. The second-order valence-corrected chi connectivity index (χ2v) is 4.43. The third kappa shape index (κ3) is 2.36. The highest BCUT2D eigenvalue weighted by molar-refractivity contribution is 7.84. The van der Waals surface area contributed by atoms with Crippen LogP contribution in [0.5, 0.6) is 5.75 Å². The summed E-state index contributed by atoms with van der Waals surface area (Å²) in [7, 11) is 0.200. The van der Waals surface area contributed by atoms with Crippen LogP contribution in [0.3, 0.4) is 0 Å². The highest BCUT2D eigenvalue weighted by Crippen LogP contribution is 2.25. The van der Waals surface area contributed by atoms with Crippen LogP contribution in [0, 0.1) is 6.92 Å². The van der Waals surface area contributed by atoms with Crippen LogP contribution in [0.4, 0.5) is 0 Å². The van der Waals surface area contributed by atoms with Gasteiger partial charge in [0.15, 0.2) is 0 Å². The van der Waals surface area contributed by atoms with Gasteiger partial charge in [0, 0.05) is 6.26 Å². The highest BCUT2D eigenvalue weighted by atomic mass is 32.2. The molecule has 1 unspecified atom stereocenters. The number of hydrogen-bond acceptors (Lipinski definition) is 3. The number of carboxylic acid groups (broad SMARTS) is 1. The molecule has 0 aromatic heterocycles. The SMILES string of the molecule is COc1cc(C)c(C(=O)O)cc1S(C)=O. The largest absolute Gasteiger partial charge is 0.495 e. The number of aryl methyl sites for hydroxylation is 1. The van der Waals surface area contributed by atoms with Gasteiger partial charge in [-0.1, -0.05) is 0 Å². The maximum absolute atomic E-state index is 11.3. The third-order valence-corrected chi connectivity index (χ3v) is 2.99. The summed E-state index contributed by atoms with van der Waals surface area (Å²) < 4.78 is 16.4. The van der Waals surface area contributed by atoms with E-state index in [-0.39, 0.29) is 5.56 Å². The fourth-order valence-electron chi connectivity index (χ4n) is 1.28. The van der Waals surface area contributed by atoms with Crippen LogP contribution in [0.25, 0.3) is 0 Å². The van der Waals surface area contributed by atoms with Crippen molar-refractivity contribution in [2.75, 3.05) is 13.4 Å². The molecule has 0 saturated heterocycles. The molecule has 1 atom stereocenters. The Morgan fingerprint density at radius 3 is 2.47 bits per heavy atom. The minimum Gasteiger partial charge on any atom is -0.495 e. The molecule has 0 amide bonds. The molecule has 1 N–H and O–H groups in total. The Bertz CT molecular complexity index is 426. The molecule has 15 heavy (non-hydrogen) atoms. The number of carbonyl (C=O) groups is 1. The summed E-state index contributed by atoms with van der Waals surface area (Å²) in [6, 6.07) is 2.98. The van der Waals surface area contributed by atoms with E-state index in [1.807, 2.05) is 0 Å². The number of aromatic carboxylic acids is 1. The van der Waals surface area contributed by atoms with Gasteiger partial charge in [0.05, 0.1) is 28.4 Å². The summed E-state index contributed by atoms with van der Waals surface area (Å²) in [6.45, 7) is 1.67. The Hall–Kier alpha value is -1.36. The Balaban J connectivity index is 3.43. The minimum atomic E-state index is -1.26. The van der Waals surface area contributed by atoms with Crippen molar-refractivity contribution in [2.45, 2.75) is 11.8 Å². The minimum absolute atomic E-state index is 0.154. The molecule has 1 aromatic carbocycles. The van der Waals surface area contributed by atoms with E-state index in [4.69, 9.17) is 9.84 Å². The number of hydrogen-bond donors (Lipinski definition) is 1. The second kappa shape index (κ2) is 4.44. The van der Waals surface area contributed by atoms with Crippen molar-refractivity contribution in [3.05, 3.63) is 23.3 Å². The smallest absolute Gasteiger partial charge is 0.335 e. The quantitative estimate of drug-likeness (QED) is 0.850. The van der Waals surface area contributed by atoms with E-state index in [1.165, 1.54) is 19.4 Å². The maximum Gasteiger partial charge on any atom is 0.335 e. The van der Waals surface area contributed by atoms with E-state index < -0.39 is 16.8 Å². The third-order valence-electron chi connectivity index (χ3n) is 2.05. The summed E-state index contributed by atoms with van der Waals surface area (Å²) in [5.74, 6) is -0.569. The van der Waals surface area contributed by atoms with Crippen LogP contribution in [-0.2, 0) is 10.8 Å². The zero-order valence-electron chi connectivity index (χ0n) is 8.73. The summed E-state index contributed by atoms with van der Waals surface area (Å²) >= 11 is 0. The van der Waals surface area contributed by atoms with Crippen LogP contribution in [-0.4, -0.2) is 28.7 Å².